The molecular formula is C29H40ClN5O6. The number of esters is 2. The van der Waals surface area contributed by atoms with Crippen molar-refractivity contribution in [2.45, 2.75) is 71.6 Å². The number of quaternary nitrogens is 1. The normalized spacial score (nSPS) is 19.8. The van der Waals surface area contributed by atoms with Gasteiger partial charge in [-0.15, -0.1) is 0 Å². The molecule has 2 aromatic rings. The minimum absolute atomic E-state index is 0. The number of nitrogens with one attached hydrogen (secondary N) is 1. The van der Waals surface area contributed by atoms with E-state index in [1.165, 1.54) is 6.92 Å². The van der Waals surface area contributed by atoms with E-state index in [4.69, 9.17) is 15.2 Å². The second-order valence-corrected chi connectivity index (χ2v) is 12.8. The van der Waals surface area contributed by atoms with Crippen LogP contribution in [0.5, 0.6) is 0 Å². The molecule has 1 aromatic heterocycles. The number of primary amides is 1. The van der Waals surface area contributed by atoms with Crippen molar-refractivity contribution in [3.63, 3.8) is 0 Å². The molecule has 11 nitrogen and oxygen atoms in total. The maximum absolute atomic E-state index is 12.8. The van der Waals surface area contributed by atoms with Crippen molar-refractivity contribution < 1.29 is 45.5 Å². The predicted octanol–water partition coefficient (Wildman–Crippen LogP) is -0.437. The molecule has 2 aliphatic carbocycles. The van der Waals surface area contributed by atoms with Gasteiger partial charge in [-0.1, -0.05) is 13.8 Å². The molecule has 1 amide bonds. The van der Waals surface area contributed by atoms with Gasteiger partial charge in [-0.3, -0.25) is 19.2 Å². The number of likely N-dealkylation sites (N-methyl/N-ethyl adjacent to an activating group) is 1. The molecule has 0 radical (unpaired) electrons. The molecule has 0 saturated heterocycles. The topological polar surface area (TPSA) is 143 Å². The number of ether oxygens (including phenoxy) is 2. The lowest BCUT2D eigenvalue weighted by Gasteiger charge is -2.29. The molecule has 41 heavy (non-hydrogen) atoms. The van der Waals surface area contributed by atoms with Crippen LogP contribution in [0.2, 0.25) is 0 Å². The van der Waals surface area contributed by atoms with Crippen molar-refractivity contribution in [2.75, 3.05) is 33.0 Å². The van der Waals surface area contributed by atoms with Crippen molar-refractivity contribution in [2.24, 2.45) is 11.1 Å². The van der Waals surface area contributed by atoms with Gasteiger partial charge in [0.25, 0.3) is 5.91 Å². The van der Waals surface area contributed by atoms with Crippen molar-refractivity contribution in [3.8, 4) is 5.69 Å². The maximum atomic E-state index is 12.8. The zero-order chi connectivity index (χ0) is 29.6. The molecule has 0 aliphatic heterocycles. The van der Waals surface area contributed by atoms with E-state index in [9.17, 15) is 19.2 Å². The van der Waals surface area contributed by atoms with Crippen LogP contribution in [-0.4, -0.2) is 83.8 Å². The Labute approximate surface area is 246 Å². The van der Waals surface area contributed by atoms with Gasteiger partial charge in [0.1, 0.15) is 12.6 Å². The molecule has 1 saturated carbocycles. The van der Waals surface area contributed by atoms with E-state index in [1.807, 2.05) is 28.1 Å². The van der Waals surface area contributed by atoms with Crippen LogP contribution < -0.4 is 23.5 Å². The highest BCUT2D eigenvalue weighted by Gasteiger charge is 2.42. The Balaban J connectivity index is 0.00000462. The summed E-state index contributed by atoms with van der Waals surface area (Å²) in [5.41, 5.74) is 9.16. The quantitative estimate of drug-likeness (QED) is 0.281. The van der Waals surface area contributed by atoms with Crippen molar-refractivity contribution in [3.05, 3.63) is 40.7 Å². The summed E-state index contributed by atoms with van der Waals surface area (Å²) in [6.45, 7) is 7.75. The summed E-state index contributed by atoms with van der Waals surface area (Å²) in [7, 11) is 5.85. The van der Waals surface area contributed by atoms with Crippen molar-refractivity contribution >= 4 is 29.3 Å². The predicted molar refractivity (Wildman–Crippen MR) is 148 cm³/mol. The van der Waals surface area contributed by atoms with Crippen LogP contribution in [0.25, 0.3) is 5.69 Å². The molecule has 1 aromatic carbocycles. The Morgan fingerprint density at radius 1 is 1.22 bits per heavy atom. The van der Waals surface area contributed by atoms with Crippen LogP contribution in [0.3, 0.4) is 0 Å². The van der Waals surface area contributed by atoms with E-state index in [2.05, 4.69) is 24.3 Å². The van der Waals surface area contributed by atoms with Crippen molar-refractivity contribution in [1.29, 1.82) is 0 Å². The van der Waals surface area contributed by atoms with E-state index in [1.54, 1.807) is 22.9 Å². The van der Waals surface area contributed by atoms with Crippen LogP contribution >= 0.6 is 0 Å². The molecular weight excluding hydrogens is 550 g/mol. The Hall–Kier alpha value is -3.44. The smallest absolute Gasteiger partial charge is 0.310 e. The summed E-state index contributed by atoms with van der Waals surface area (Å²) >= 11 is 0. The minimum atomic E-state index is -0.595. The summed E-state index contributed by atoms with van der Waals surface area (Å²) in [5.74, 6) is -1.41. The lowest BCUT2D eigenvalue weighted by molar-refractivity contribution is -0.873. The molecule has 12 heteroatoms. The Morgan fingerprint density at radius 2 is 1.90 bits per heavy atom. The third-order valence-corrected chi connectivity index (χ3v) is 7.07. The highest BCUT2D eigenvalue weighted by molar-refractivity contribution is 6.00. The van der Waals surface area contributed by atoms with Gasteiger partial charge in [0.2, 0.25) is 0 Å². The number of carbonyl (C=O) groups excluding carboxylic acids is 4. The minimum Gasteiger partial charge on any atom is -1.00 e. The number of nitrogens with zero attached hydrogens (tertiary/aromatic N) is 3. The fourth-order valence-electron chi connectivity index (χ4n) is 5.40. The molecule has 2 aliphatic rings. The van der Waals surface area contributed by atoms with Crippen molar-refractivity contribution in [1.82, 2.24) is 9.78 Å². The third-order valence-electron chi connectivity index (χ3n) is 7.07. The Kier molecular flexibility index (Phi) is 9.24. The number of rotatable bonds is 10. The SMILES string of the molecule is CC(=O)OC(CC(=O)OC1CC1Nc1cc(-n2nc(C)c3c2CC(C)(C)CC3=O)ccc1C(N)=O)C[N+](C)(C)C.[Cl-]. The summed E-state index contributed by atoms with van der Waals surface area (Å²) in [5, 5.41) is 7.95. The third kappa shape index (κ3) is 7.85. The van der Waals surface area contributed by atoms with E-state index in [-0.39, 0.29) is 36.1 Å². The van der Waals surface area contributed by atoms with Gasteiger partial charge in [0.15, 0.2) is 11.9 Å². The van der Waals surface area contributed by atoms with E-state index in [0.717, 1.165) is 5.69 Å². The molecule has 224 valence electrons. The first-order chi connectivity index (χ1) is 18.5. The molecule has 0 bridgehead atoms. The number of amides is 1. The number of carbonyl (C=O) groups is 4. The van der Waals surface area contributed by atoms with Gasteiger partial charge in [-0.2, -0.15) is 5.10 Å². The number of halogens is 1. The number of ketones is 1. The number of benzene rings is 1. The second-order valence-electron chi connectivity index (χ2n) is 12.8. The van der Waals surface area contributed by atoms with Crippen LogP contribution in [-0.2, 0) is 25.5 Å². The molecule has 3 N–H and O–H groups in total. The molecule has 1 fully saturated rings. The average molecular weight is 590 g/mol. The first kappa shape index (κ1) is 32.1. The Morgan fingerprint density at radius 3 is 2.51 bits per heavy atom. The fourth-order valence-corrected chi connectivity index (χ4v) is 5.40. The zero-order valence-electron chi connectivity index (χ0n) is 24.7. The zero-order valence-corrected chi connectivity index (χ0v) is 25.5. The summed E-state index contributed by atoms with van der Waals surface area (Å²) in [6, 6.07) is 4.97. The maximum Gasteiger partial charge on any atom is 0.310 e. The molecule has 0 spiro atoms. The first-order valence-corrected chi connectivity index (χ1v) is 13.5. The lowest BCUT2D eigenvalue weighted by atomic mass is 9.75. The molecule has 3 unspecified atom stereocenters. The van der Waals surface area contributed by atoms with Gasteiger partial charge in [0, 0.05) is 25.5 Å². The van der Waals surface area contributed by atoms with Gasteiger partial charge in [0.05, 0.1) is 61.8 Å². The van der Waals surface area contributed by atoms with Gasteiger partial charge >= 0.3 is 11.9 Å². The summed E-state index contributed by atoms with van der Waals surface area (Å²) in [4.78, 5) is 49.2. The average Bonchev–Trinajstić information content (AvgIpc) is 3.40. The van der Waals surface area contributed by atoms with Gasteiger partial charge in [-0.25, -0.2) is 4.68 Å². The van der Waals surface area contributed by atoms with E-state index in [0.29, 0.717) is 58.5 Å². The Bertz CT molecular complexity index is 1360. The first-order valence-electron chi connectivity index (χ1n) is 13.5. The van der Waals surface area contributed by atoms with Crippen LogP contribution in [0.4, 0.5) is 5.69 Å². The number of hydrogen-bond acceptors (Lipinski definition) is 8. The number of aryl methyl sites for hydroxylation is 1. The van der Waals surface area contributed by atoms with Gasteiger partial charge in [-0.05, 0) is 37.0 Å². The summed E-state index contributed by atoms with van der Waals surface area (Å²) in [6.07, 6.45) is 0.697. The number of nitrogens with two attached hydrogens (primary N) is 1. The van der Waals surface area contributed by atoms with Gasteiger partial charge < -0.3 is 37.4 Å². The number of fused-ring (bicyclic) bond motifs is 1. The largest absolute Gasteiger partial charge is 1.00 e. The fraction of sp³-hybridized carbons (Fsp3) is 0.552. The summed E-state index contributed by atoms with van der Waals surface area (Å²) < 4.78 is 13.3. The highest BCUT2D eigenvalue weighted by Crippen LogP contribution is 2.38. The van der Waals surface area contributed by atoms with Crippen LogP contribution in [0, 0.1) is 12.3 Å². The highest BCUT2D eigenvalue weighted by atomic mass is 35.5. The van der Waals surface area contributed by atoms with E-state index >= 15 is 0 Å². The standard InChI is InChI=1S/C29H39N5O6.ClH/c1-16-27-23(13-29(3,4)14-24(27)36)33(32-16)18-8-9-20(28(30)38)21(10-18)31-22-12-25(22)40-26(37)11-19(39-17(2)35)15-34(5,6)7;/h8-10,19,22,25H,11-15H2,1-7H3,(H2-,30,31,38);1H. The molecule has 4 rings (SSSR count). The monoisotopic (exact) mass is 589 g/mol. The lowest BCUT2D eigenvalue weighted by Crippen LogP contribution is -3.00. The number of aromatic nitrogens is 2. The van der Waals surface area contributed by atoms with Crippen LogP contribution in [0.1, 0.15) is 72.1 Å². The number of hydrogen-bond donors (Lipinski definition) is 2. The second kappa shape index (κ2) is 11.8. The van der Waals surface area contributed by atoms with E-state index < -0.39 is 30.1 Å². The number of anilines is 1. The molecule has 1 heterocycles. The molecule has 3 atom stereocenters. The number of Topliss-reactive ketones (excluding diaryl/α,β-unsaturated/α-hetero) is 1. The van der Waals surface area contributed by atoms with Crippen LogP contribution in [0.15, 0.2) is 18.2 Å².